The summed E-state index contributed by atoms with van der Waals surface area (Å²) in [7, 11) is 0. The fourth-order valence-corrected chi connectivity index (χ4v) is 4.33. The maximum Gasteiger partial charge on any atom is 0.336 e. The number of amides is 2. The summed E-state index contributed by atoms with van der Waals surface area (Å²) < 4.78 is 5.74. The van der Waals surface area contributed by atoms with Gasteiger partial charge >= 0.3 is 5.97 Å². The van der Waals surface area contributed by atoms with E-state index in [9.17, 15) is 19.5 Å². The van der Waals surface area contributed by atoms with E-state index in [1.54, 1.807) is 42.5 Å². The molecule has 2 amide bonds. The minimum absolute atomic E-state index is 0.0136. The van der Waals surface area contributed by atoms with Gasteiger partial charge in [0.05, 0.1) is 16.5 Å². The van der Waals surface area contributed by atoms with Gasteiger partial charge < -0.3 is 9.84 Å². The molecule has 3 aromatic rings. The minimum Gasteiger partial charge on any atom is -0.478 e. The summed E-state index contributed by atoms with van der Waals surface area (Å²) in [5, 5.41) is 8.66. The molecule has 1 fully saturated rings. The zero-order valence-electron chi connectivity index (χ0n) is 15.7. The molecule has 1 atom stereocenters. The standard InChI is InChI=1S/C23H17NO5S/c25-21-14-20(30-19-9-5-4-8-18(19)23(27)28)22(26)24(21)15-10-12-17(13-11-15)29-16-6-2-1-3-7-16/h1-13,20H,14H2,(H,27,28). The highest BCUT2D eigenvalue weighted by atomic mass is 32.2. The molecule has 1 aliphatic rings. The van der Waals surface area contributed by atoms with Crippen LogP contribution in [0, 0.1) is 0 Å². The van der Waals surface area contributed by atoms with Crippen LogP contribution in [0.15, 0.2) is 83.8 Å². The smallest absolute Gasteiger partial charge is 0.336 e. The first-order chi connectivity index (χ1) is 14.5. The van der Waals surface area contributed by atoms with Crippen molar-refractivity contribution in [1.82, 2.24) is 0 Å². The van der Waals surface area contributed by atoms with Crippen LogP contribution < -0.4 is 9.64 Å². The molecule has 1 heterocycles. The van der Waals surface area contributed by atoms with Crippen molar-refractivity contribution in [3.05, 3.63) is 84.4 Å². The number of carboxylic acids is 1. The van der Waals surface area contributed by atoms with Crippen molar-refractivity contribution in [3.8, 4) is 11.5 Å². The normalized spacial score (nSPS) is 16.0. The number of benzene rings is 3. The molecular weight excluding hydrogens is 402 g/mol. The predicted octanol–water partition coefficient (Wildman–Crippen LogP) is 4.60. The third-order valence-corrected chi connectivity index (χ3v) is 5.83. The Bertz CT molecular complexity index is 1100. The molecule has 1 aliphatic heterocycles. The second kappa shape index (κ2) is 8.42. The summed E-state index contributed by atoms with van der Waals surface area (Å²) >= 11 is 1.10. The van der Waals surface area contributed by atoms with Gasteiger partial charge in [0.25, 0.3) is 0 Å². The van der Waals surface area contributed by atoms with Gasteiger partial charge in [-0.1, -0.05) is 30.3 Å². The van der Waals surface area contributed by atoms with Crippen molar-refractivity contribution >= 4 is 35.2 Å². The number of carbonyl (C=O) groups is 3. The highest BCUT2D eigenvalue weighted by Gasteiger charge is 2.40. The number of thioether (sulfide) groups is 1. The third kappa shape index (κ3) is 4.06. The van der Waals surface area contributed by atoms with Crippen LogP contribution in [-0.4, -0.2) is 28.1 Å². The lowest BCUT2D eigenvalue weighted by atomic mass is 10.2. The Balaban J connectivity index is 1.50. The number of nitrogens with zero attached hydrogens (tertiary/aromatic N) is 1. The van der Waals surface area contributed by atoms with E-state index in [0.29, 0.717) is 22.1 Å². The summed E-state index contributed by atoms with van der Waals surface area (Å²) in [4.78, 5) is 38.4. The minimum atomic E-state index is -1.07. The zero-order valence-corrected chi connectivity index (χ0v) is 16.5. The van der Waals surface area contributed by atoms with Crippen molar-refractivity contribution in [3.63, 3.8) is 0 Å². The summed E-state index contributed by atoms with van der Waals surface area (Å²) in [6.07, 6.45) is 0.0136. The van der Waals surface area contributed by atoms with Gasteiger partial charge in [0.2, 0.25) is 11.8 Å². The van der Waals surface area contributed by atoms with Crippen LogP contribution in [0.5, 0.6) is 11.5 Å². The third-order valence-electron chi connectivity index (χ3n) is 4.57. The molecule has 0 radical (unpaired) electrons. The van der Waals surface area contributed by atoms with E-state index in [2.05, 4.69) is 0 Å². The highest BCUT2D eigenvalue weighted by molar-refractivity contribution is 8.00. The number of para-hydroxylation sites is 1. The Labute approximate surface area is 177 Å². The van der Waals surface area contributed by atoms with E-state index in [4.69, 9.17) is 4.74 Å². The second-order valence-electron chi connectivity index (χ2n) is 6.59. The van der Waals surface area contributed by atoms with E-state index in [-0.39, 0.29) is 23.8 Å². The zero-order chi connectivity index (χ0) is 21.1. The molecule has 0 saturated carbocycles. The topological polar surface area (TPSA) is 83.9 Å². The molecule has 0 spiro atoms. The number of aromatic carboxylic acids is 1. The van der Waals surface area contributed by atoms with E-state index in [0.717, 1.165) is 16.7 Å². The van der Waals surface area contributed by atoms with Crippen LogP contribution in [0.4, 0.5) is 5.69 Å². The molecular formula is C23H17NO5S. The first-order valence-electron chi connectivity index (χ1n) is 9.21. The Hall–Kier alpha value is -3.58. The Morgan fingerprint density at radius 1 is 0.900 bits per heavy atom. The predicted molar refractivity (Wildman–Crippen MR) is 113 cm³/mol. The molecule has 1 unspecified atom stereocenters. The number of rotatable bonds is 6. The fraction of sp³-hybridized carbons (Fsp3) is 0.0870. The molecule has 6 nitrogen and oxygen atoms in total. The van der Waals surface area contributed by atoms with Gasteiger partial charge in [-0.25, -0.2) is 9.69 Å². The Kier molecular flexibility index (Phi) is 5.54. The van der Waals surface area contributed by atoms with Crippen LogP contribution in [0.1, 0.15) is 16.8 Å². The second-order valence-corrected chi connectivity index (χ2v) is 7.83. The molecule has 7 heteroatoms. The number of imide groups is 1. The number of carboxylic acid groups (broad SMARTS) is 1. The van der Waals surface area contributed by atoms with Crippen molar-refractivity contribution < 1.29 is 24.2 Å². The van der Waals surface area contributed by atoms with Gasteiger partial charge in [0, 0.05) is 11.3 Å². The van der Waals surface area contributed by atoms with Crippen LogP contribution in [-0.2, 0) is 9.59 Å². The molecule has 3 aromatic carbocycles. The van der Waals surface area contributed by atoms with Gasteiger partial charge in [-0.05, 0) is 48.5 Å². The van der Waals surface area contributed by atoms with Crippen molar-refractivity contribution in [2.24, 2.45) is 0 Å². The summed E-state index contributed by atoms with van der Waals surface area (Å²) in [5.41, 5.74) is 0.573. The number of hydrogen-bond acceptors (Lipinski definition) is 5. The summed E-state index contributed by atoms with van der Waals surface area (Å²) in [6.45, 7) is 0. The van der Waals surface area contributed by atoms with E-state index >= 15 is 0 Å². The van der Waals surface area contributed by atoms with E-state index < -0.39 is 11.2 Å². The van der Waals surface area contributed by atoms with Gasteiger partial charge in [-0.15, -0.1) is 11.8 Å². The number of carbonyl (C=O) groups excluding carboxylic acids is 2. The van der Waals surface area contributed by atoms with Gasteiger partial charge in [0.15, 0.2) is 0 Å². The molecule has 0 aromatic heterocycles. The maximum absolute atomic E-state index is 12.9. The molecule has 4 rings (SSSR count). The molecule has 1 saturated heterocycles. The summed E-state index contributed by atoms with van der Waals surface area (Å²) in [6, 6.07) is 22.5. The lowest BCUT2D eigenvalue weighted by molar-refractivity contribution is -0.121. The molecule has 150 valence electrons. The quantitative estimate of drug-likeness (QED) is 0.588. The average Bonchev–Trinajstić information content (AvgIpc) is 3.03. The monoisotopic (exact) mass is 419 g/mol. The maximum atomic E-state index is 12.9. The van der Waals surface area contributed by atoms with Crippen LogP contribution >= 0.6 is 11.8 Å². The Morgan fingerprint density at radius 2 is 1.53 bits per heavy atom. The van der Waals surface area contributed by atoms with Crippen LogP contribution in [0.3, 0.4) is 0 Å². The first-order valence-corrected chi connectivity index (χ1v) is 10.1. The summed E-state index contributed by atoms with van der Waals surface area (Å²) in [5.74, 6) is -0.470. The van der Waals surface area contributed by atoms with Crippen LogP contribution in [0.25, 0.3) is 0 Å². The number of anilines is 1. The number of hydrogen-bond donors (Lipinski definition) is 1. The molecule has 30 heavy (non-hydrogen) atoms. The van der Waals surface area contributed by atoms with Crippen molar-refractivity contribution in [2.45, 2.75) is 16.6 Å². The van der Waals surface area contributed by atoms with E-state index in [1.165, 1.54) is 6.07 Å². The van der Waals surface area contributed by atoms with Crippen LogP contribution in [0.2, 0.25) is 0 Å². The lowest BCUT2D eigenvalue weighted by Gasteiger charge is -2.16. The average molecular weight is 419 g/mol. The largest absolute Gasteiger partial charge is 0.478 e. The SMILES string of the molecule is O=C(O)c1ccccc1SC1CC(=O)N(c2ccc(Oc3ccccc3)cc2)C1=O. The van der Waals surface area contributed by atoms with Crippen molar-refractivity contribution in [1.29, 1.82) is 0 Å². The molecule has 0 aliphatic carbocycles. The highest BCUT2D eigenvalue weighted by Crippen LogP contribution is 2.36. The first kappa shape index (κ1) is 19.7. The number of ether oxygens (including phenoxy) is 1. The van der Waals surface area contributed by atoms with E-state index in [1.807, 2.05) is 30.3 Å². The Morgan fingerprint density at radius 3 is 2.23 bits per heavy atom. The molecule has 1 N–H and O–H groups in total. The van der Waals surface area contributed by atoms with Crippen molar-refractivity contribution in [2.75, 3.05) is 4.90 Å². The van der Waals surface area contributed by atoms with Gasteiger partial charge in [0.1, 0.15) is 11.5 Å². The lowest BCUT2D eigenvalue weighted by Crippen LogP contribution is -2.31. The molecule has 0 bridgehead atoms. The van der Waals surface area contributed by atoms with Gasteiger partial charge in [-0.2, -0.15) is 0 Å². The van der Waals surface area contributed by atoms with Gasteiger partial charge in [-0.3, -0.25) is 9.59 Å². The fourth-order valence-electron chi connectivity index (χ4n) is 3.15.